The predicted octanol–water partition coefficient (Wildman–Crippen LogP) is 4.35. The van der Waals surface area contributed by atoms with Gasteiger partial charge in [0.05, 0.1) is 0 Å². The van der Waals surface area contributed by atoms with Crippen molar-refractivity contribution in [3.8, 4) is 0 Å². The number of aryl methyl sites for hydroxylation is 2. The van der Waals surface area contributed by atoms with E-state index in [4.69, 9.17) is 0 Å². The largest absolute Gasteiger partial charge is 0.0587 e. The molecule has 1 aromatic rings. The van der Waals surface area contributed by atoms with Crippen LogP contribution in [0.2, 0.25) is 0 Å². The van der Waals surface area contributed by atoms with Gasteiger partial charge in [0.1, 0.15) is 0 Å². The average Bonchev–Trinajstić information content (AvgIpc) is 2.82. The summed E-state index contributed by atoms with van der Waals surface area (Å²) in [7, 11) is 0. The number of rotatable bonds is 1. The molecule has 0 aliphatic heterocycles. The molecule has 0 radical (unpaired) electrons. The molecular formula is C16H22. The first kappa shape index (κ1) is 10.4. The summed E-state index contributed by atoms with van der Waals surface area (Å²) in [5, 5.41) is 0. The molecule has 1 atom stereocenters. The first-order valence-electron chi connectivity index (χ1n) is 6.86. The van der Waals surface area contributed by atoms with E-state index in [9.17, 15) is 0 Å². The smallest absolute Gasteiger partial charge is 0.0182 e. The second-order valence-corrected chi connectivity index (χ2v) is 5.95. The fourth-order valence-electron chi connectivity index (χ4n) is 3.82. The Morgan fingerprint density at radius 1 is 1.12 bits per heavy atom. The maximum atomic E-state index is 2.53. The van der Waals surface area contributed by atoms with Gasteiger partial charge >= 0.3 is 0 Å². The van der Waals surface area contributed by atoms with Crippen molar-refractivity contribution in [2.24, 2.45) is 0 Å². The molecule has 0 spiro atoms. The van der Waals surface area contributed by atoms with Gasteiger partial charge in [0.25, 0.3) is 0 Å². The van der Waals surface area contributed by atoms with Crippen LogP contribution in [0, 0.1) is 0 Å². The van der Waals surface area contributed by atoms with Gasteiger partial charge in [-0.15, -0.1) is 0 Å². The van der Waals surface area contributed by atoms with Crippen LogP contribution >= 0.6 is 0 Å². The van der Waals surface area contributed by atoms with E-state index in [0.29, 0.717) is 5.92 Å². The topological polar surface area (TPSA) is 0 Å². The van der Waals surface area contributed by atoms with E-state index in [0.717, 1.165) is 5.92 Å². The highest BCUT2D eigenvalue weighted by Gasteiger charge is 2.28. The lowest BCUT2D eigenvalue weighted by molar-refractivity contribution is 0.724. The minimum atomic E-state index is 0.711. The average molecular weight is 214 g/mol. The second kappa shape index (κ2) is 3.61. The fourth-order valence-corrected chi connectivity index (χ4v) is 3.82. The molecule has 0 bridgehead atoms. The molecule has 2 aliphatic rings. The van der Waals surface area contributed by atoms with Crippen LogP contribution in [0.4, 0.5) is 0 Å². The summed E-state index contributed by atoms with van der Waals surface area (Å²) in [5.41, 5.74) is 8.54. The van der Waals surface area contributed by atoms with E-state index < -0.39 is 0 Å². The Hall–Kier alpha value is -0.780. The molecule has 0 N–H and O–H groups in total. The van der Waals surface area contributed by atoms with E-state index in [-0.39, 0.29) is 0 Å². The molecule has 0 saturated carbocycles. The van der Waals surface area contributed by atoms with Crippen LogP contribution in [0.1, 0.15) is 73.3 Å². The van der Waals surface area contributed by atoms with Gasteiger partial charge in [-0.3, -0.25) is 0 Å². The lowest BCUT2D eigenvalue weighted by Crippen LogP contribution is -2.04. The van der Waals surface area contributed by atoms with Gasteiger partial charge in [0, 0.05) is 0 Å². The molecule has 0 fully saturated rings. The van der Waals surface area contributed by atoms with E-state index >= 15 is 0 Å². The van der Waals surface area contributed by atoms with Crippen molar-refractivity contribution in [3.05, 3.63) is 33.9 Å². The molecule has 1 aromatic carbocycles. The van der Waals surface area contributed by atoms with Crippen molar-refractivity contribution in [1.82, 2.24) is 0 Å². The maximum absolute atomic E-state index is 2.53. The standard InChI is InChI=1S/C16H22/c1-10(2)15-14-6-4-5-12(14)9-13-8-7-11(3)16(13)15/h9-11H,4-8H2,1-3H3. The van der Waals surface area contributed by atoms with Crippen LogP contribution < -0.4 is 0 Å². The van der Waals surface area contributed by atoms with Crippen LogP contribution in [-0.4, -0.2) is 0 Å². The lowest BCUT2D eigenvalue weighted by atomic mass is 9.85. The van der Waals surface area contributed by atoms with Gasteiger partial charge in [-0.1, -0.05) is 26.8 Å². The third-order valence-corrected chi connectivity index (χ3v) is 4.49. The quantitative estimate of drug-likeness (QED) is 0.652. The monoisotopic (exact) mass is 214 g/mol. The zero-order chi connectivity index (χ0) is 11.3. The summed E-state index contributed by atoms with van der Waals surface area (Å²) in [6, 6.07) is 2.53. The van der Waals surface area contributed by atoms with E-state index in [1.54, 1.807) is 27.8 Å². The van der Waals surface area contributed by atoms with Gasteiger partial charge in [0.15, 0.2) is 0 Å². The minimum absolute atomic E-state index is 0.711. The third-order valence-electron chi connectivity index (χ3n) is 4.49. The summed E-state index contributed by atoms with van der Waals surface area (Å²) in [4.78, 5) is 0. The molecule has 0 heterocycles. The van der Waals surface area contributed by atoms with Gasteiger partial charge in [-0.25, -0.2) is 0 Å². The summed E-state index contributed by atoms with van der Waals surface area (Å²) in [6.07, 6.45) is 6.74. The van der Waals surface area contributed by atoms with Gasteiger partial charge in [0.2, 0.25) is 0 Å². The zero-order valence-corrected chi connectivity index (χ0v) is 10.8. The first-order chi connectivity index (χ1) is 7.68. The van der Waals surface area contributed by atoms with Gasteiger partial charge in [-0.05, 0) is 71.8 Å². The van der Waals surface area contributed by atoms with Crippen LogP contribution in [0.15, 0.2) is 6.07 Å². The zero-order valence-electron chi connectivity index (χ0n) is 10.8. The summed E-state index contributed by atoms with van der Waals surface area (Å²) < 4.78 is 0. The molecule has 16 heavy (non-hydrogen) atoms. The van der Waals surface area contributed by atoms with Crippen LogP contribution in [0.3, 0.4) is 0 Å². The molecule has 0 saturated heterocycles. The van der Waals surface area contributed by atoms with E-state index in [1.165, 1.54) is 32.1 Å². The summed E-state index contributed by atoms with van der Waals surface area (Å²) in [6.45, 7) is 7.16. The predicted molar refractivity (Wildman–Crippen MR) is 69.3 cm³/mol. The Labute approximate surface area is 99.1 Å². The fraction of sp³-hybridized carbons (Fsp3) is 0.625. The number of hydrogen-bond donors (Lipinski definition) is 0. The Bertz CT molecular complexity index is 426. The number of benzene rings is 1. The van der Waals surface area contributed by atoms with Gasteiger partial charge < -0.3 is 0 Å². The minimum Gasteiger partial charge on any atom is -0.0587 e. The Kier molecular flexibility index (Phi) is 2.34. The number of fused-ring (bicyclic) bond motifs is 2. The Morgan fingerprint density at radius 3 is 2.69 bits per heavy atom. The SMILES string of the molecule is CC(C)c1c2c(cc3c1C(C)CC3)CCC2. The van der Waals surface area contributed by atoms with E-state index in [2.05, 4.69) is 26.8 Å². The maximum Gasteiger partial charge on any atom is -0.0182 e. The van der Waals surface area contributed by atoms with Gasteiger partial charge in [-0.2, -0.15) is 0 Å². The Balaban J connectivity index is 2.26. The van der Waals surface area contributed by atoms with Crippen LogP contribution in [0.5, 0.6) is 0 Å². The highest BCUT2D eigenvalue weighted by atomic mass is 14.3. The first-order valence-corrected chi connectivity index (χ1v) is 6.86. The molecule has 86 valence electrons. The molecule has 0 amide bonds. The highest BCUT2D eigenvalue weighted by molar-refractivity contribution is 5.52. The van der Waals surface area contributed by atoms with Crippen LogP contribution in [-0.2, 0) is 19.3 Å². The van der Waals surface area contributed by atoms with E-state index in [1.807, 2.05) is 0 Å². The summed E-state index contributed by atoms with van der Waals surface area (Å²) in [5.74, 6) is 1.51. The third kappa shape index (κ3) is 1.35. The molecule has 2 aliphatic carbocycles. The van der Waals surface area contributed by atoms with Crippen molar-refractivity contribution >= 4 is 0 Å². The molecule has 1 unspecified atom stereocenters. The molecule has 0 aromatic heterocycles. The van der Waals surface area contributed by atoms with Crippen LogP contribution in [0.25, 0.3) is 0 Å². The molecule has 3 rings (SSSR count). The lowest BCUT2D eigenvalue weighted by Gasteiger charge is -2.20. The molecular weight excluding hydrogens is 192 g/mol. The van der Waals surface area contributed by atoms with Crippen molar-refractivity contribution in [2.75, 3.05) is 0 Å². The normalized spacial score (nSPS) is 22.6. The Morgan fingerprint density at radius 2 is 1.94 bits per heavy atom. The van der Waals surface area contributed by atoms with Crippen molar-refractivity contribution < 1.29 is 0 Å². The van der Waals surface area contributed by atoms with Crippen molar-refractivity contribution in [1.29, 1.82) is 0 Å². The number of hydrogen-bond acceptors (Lipinski definition) is 0. The summed E-state index contributed by atoms with van der Waals surface area (Å²) >= 11 is 0. The van der Waals surface area contributed by atoms with Crippen molar-refractivity contribution in [2.45, 2.75) is 64.7 Å². The molecule has 0 nitrogen and oxygen atoms in total. The second-order valence-electron chi connectivity index (χ2n) is 5.95. The molecule has 0 heteroatoms. The van der Waals surface area contributed by atoms with Crippen molar-refractivity contribution in [3.63, 3.8) is 0 Å². The highest BCUT2D eigenvalue weighted by Crippen LogP contribution is 2.43.